The zero-order chi connectivity index (χ0) is 15.1. The van der Waals surface area contributed by atoms with Gasteiger partial charge in [-0.15, -0.1) is 0 Å². The number of nitrogens with zero attached hydrogens (tertiary/aromatic N) is 3. The van der Waals surface area contributed by atoms with Crippen LogP contribution in [-0.2, 0) is 4.79 Å². The van der Waals surface area contributed by atoms with Crippen molar-refractivity contribution in [2.24, 2.45) is 5.10 Å². The SMILES string of the molecule is O=C(COc1cnccn1)N/N=C/c1c(Cl)cccc1Cl. The van der Waals surface area contributed by atoms with Gasteiger partial charge in [0.05, 0.1) is 22.5 Å². The molecule has 0 spiro atoms. The first-order chi connectivity index (χ1) is 10.2. The van der Waals surface area contributed by atoms with Gasteiger partial charge in [-0.1, -0.05) is 29.3 Å². The summed E-state index contributed by atoms with van der Waals surface area (Å²) in [6.45, 7) is -0.230. The van der Waals surface area contributed by atoms with Crippen LogP contribution in [0.5, 0.6) is 5.88 Å². The fourth-order valence-electron chi connectivity index (χ4n) is 1.33. The second-order valence-corrected chi connectivity index (χ2v) is 4.58. The fourth-order valence-corrected chi connectivity index (χ4v) is 1.83. The summed E-state index contributed by atoms with van der Waals surface area (Å²) in [6, 6.07) is 5.07. The predicted octanol–water partition coefficient (Wildman–Crippen LogP) is 2.31. The molecule has 1 N–H and O–H groups in total. The molecule has 0 saturated heterocycles. The number of halogens is 2. The van der Waals surface area contributed by atoms with Gasteiger partial charge in [0.25, 0.3) is 5.91 Å². The number of hydrogen-bond acceptors (Lipinski definition) is 5. The Hall–Kier alpha value is -2.18. The van der Waals surface area contributed by atoms with Crippen molar-refractivity contribution in [1.82, 2.24) is 15.4 Å². The van der Waals surface area contributed by atoms with E-state index in [1.807, 2.05) is 0 Å². The minimum Gasteiger partial charge on any atom is -0.466 e. The molecule has 8 heteroatoms. The van der Waals surface area contributed by atoms with Crippen LogP contribution in [0.1, 0.15) is 5.56 Å². The lowest BCUT2D eigenvalue weighted by Crippen LogP contribution is -2.24. The highest BCUT2D eigenvalue weighted by Gasteiger charge is 2.04. The molecule has 1 heterocycles. The molecule has 0 atom stereocenters. The van der Waals surface area contributed by atoms with Gasteiger partial charge in [0.1, 0.15) is 0 Å². The molecule has 0 unspecified atom stereocenters. The normalized spacial score (nSPS) is 10.6. The molecular formula is C13H10Cl2N4O2. The van der Waals surface area contributed by atoms with Gasteiger partial charge in [0, 0.05) is 18.0 Å². The second-order valence-electron chi connectivity index (χ2n) is 3.76. The van der Waals surface area contributed by atoms with Crippen LogP contribution >= 0.6 is 23.2 Å². The number of rotatable bonds is 5. The van der Waals surface area contributed by atoms with Crippen LogP contribution in [0.2, 0.25) is 10.0 Å². The Kier molecular flexibility index (Phi) is 5.48. The molecule has 0 saturated carbocycles. The van der Waals surface area contributed by atoms with Crippen LogP contribution in [0.4, 0.5) is 0 Å². The van der Waals surface area contributed by atoms with E-state index in [0.717, 1.165) is 0 Å². The zero-order valence-corrected chi connectivity index (χ0v) is 12.2. The highest BCUT2D eigenvalue weighted by Crippen LogP contribution is 2.21. The van der Waals surface area contributed by atoms with Crippen molar-refractivity contribution in [3.63, 3.8) is 0 Å². The van der Waals surface area contributed by atoms with E-state index in [2.05, 4.69) is 20.5 Å². The number of carbonyl (C=O) groups is 1. The average molecular weight is 325 g/mol. The number of amides is 1. The Morgan fingerprint density at radius 3 is 2.76 bits per heavy atom. The maximum absolute atomic E-state index is 11.5. The predicted molar refractivity (Wildman–Crippen MR) is 79.7 cm³/mol. The molecule has 0 bridgehead atoms. The lowest BCUT2D eigenvalue weighted by atomic mass is 10.2. The van der Waals surface area contributed by atoms with Crippen molar-refractivity contribution in [3.05, 3.63) is 52.4 Å². The quantitative estimate of drug-likeness (QED) is 0.676. The Morgan fingerprint density at radius 1 is 1.33 bits per heavy atom. The Labute approximate surface area is 130 Å². The van der Waals surface area contributed by atoms with Crippen molar-refractivity contribution in [2.75, 3.05) is 6.61 Å². The van der Waals surface area contributed by atoms with Crippen molar-refractivity contribution in [1.29, 1.82) is 0 Å². The van der Waals surface area contributed by atoms with Crippen molar-refractivity contribution in [3.8, 4) is 5.88 Å². The third kappa shape index (κ3) is 4.70. The third-order valence-corrected chi connectivity index (χ3v) is 2.93. The average Bonchev–Trinajstić information content (AvgIpc) is 2.49. The Balaban J connectivity index is 1.85. The van der Waals surface area contributed by atoms with E-state index >= 15 is 0 Å². The summed E-state index contributed by atoms with van der Waals surface area (Å²) in [5.41, 5.74) is 2.82. The zero-order valence-electron chi connectivity index (χ0n) is 10.7. The molecule has 2 rings (SSSR count). The first-order valence-corrected chi connectivity index (χ1v) is 6.57. The third-order valence-electron chi connectivity index (χ3n) is 2.27. The molecule has 6 nitrogen and oxygen atoms in total. The Morgan fingerprint density at radius 2 is 2.10 bits per heavy atom. The van der Waals surface area contributed by atoms with Crippen molar-refractivity contribution in [2.45, 2.75) is 0 Å². The second kappa shape index (κ2) is 7.56. The molecule has 108 valence electrons. The lowest BCUT2D eigenvalue weighted by Gasteiger charge is -2.03. The van der Waals surface area contributed by atoms with Crippen LogP contribution in [0.3, 0.4) is 0 Å². The van der Waals surface area contributed by atoms with E-state index in [1.165, 1.54) is 24.8 Å². The number of hydrogen-bond donors (Lipinski definition) is 1. The minimum absolute atomic E-state index is 0.230. The van der Waals surface area contributed by atoms with Gasteiger partial charge < -0.3 is 4.74 Å². The van der Waals surface area contributed by atoms with Gasteiger partial charge in [-0.2, -0.15) is 5.10 Å². The lowest BCUT2D eigenvalue weighted by molar-refractivity contribution is -0.123. The number of benzene rings is 1. The summed E-state index contributed by atoms with van der Waals surface area (Å²) in [4.78, 5) is 19.2. The summed E-state index contributed by atoms with van der Waals surface area (Å²) >= 11 is 11.9. The van der Waals surface area contributed by atoms with E-state index < -0.39 is 5.91 Å². The maximum Gasteiger partial charge on any atom is 0.278 e. The smallest absolute Gasteiger partial charge is 0.278 e. The maximum atomic E-state index is 11.5. The van der Waals surface area contributed by atoms with Gasteiger partial charge in [-0.05, 0) is 12.1 Å². The number of carbonyl (C=O) groups excluding carboxylic acids is 1. The number of hydrazone groups is 1. The van der Waals surface area contributed by atoms with E-state index in [-0.39, 0.29) is 12.5 Å². The molecule has 0 fully saturated rings. The van der Waals surface area contributed by atoms with E-state index in [4.69, 9.17) is 27.9 Å². The first kappa shape index (κ1) is 15.2. The van der Waals surface area contributed by atoms with Crippen LogP contribution in [0, 0.1) is 0 Å². The van der Waals surface area contributed by atoms with Gasteiger partial charge in [0.15, 0.2) is 6.61 Å². The van der Waals surface area contributed by atoms with E-state index in [1.54, 1.807) is 18.2 Å². The topological polar surface area (TPSA) is 76.5 Å². The van der Waals surface area contributed by atoms with E-state index in [0.29, 0.717) is 15.6 Å². The monoisotopic (exact) mass is 324 g/mol. The number of nitrogens with one attached hydrogen (secondary N) is 1. The van der Waals surface area contributed by atoms with Crippen LogP contribution in [-0.4, -0.2) is 28.7 Å². The van der Waals surface area contributed by atoms with Crippen LogP contribution < -0.4 is 10.2 Å². The molecular weight excluding hydrogens is 315 g/mol. The summed E-state index contributed by atoms with van der Waals surface area (Å²) in [5.74, 6) is -0.189. The molecule has 0 radical (unpaired) electrons. The van der Waals surface area contributed by atoms with Crippen LogP contribution in [0.25, 0.3) is 0 Å². The summed E-state index contributed by atoms with van der Waals surface area (Å²) in [5, 5.41) is 4.65. The first-order valence-electron chi connectivity index (χ1n) is 5.81. The van der Waals surface area contributed by atoms with E-state index in [9.17, 15) is 4.79 Å². The van der Waals surface area contributed by atoms with Crippen molar-refractivity contribution < 1.29 is 9.53 Å². The molecule has 1 aromatic carbocycles. The molecule has 1 aromatic heterocycles. The highest BCUT2D eigenvalue weighted by molar-refractivity contribution is 6.38. The largest absolute Gasteiger partial charge is 0.466 e. The number of aromatic nitrogens is 2. The molecule has 0 aliphatic heterocycles. The summed E-state index contributed by atoms with van der Waals surface area (Å²) in [6.07, 6.45) is 5.74. The summed E-state index contributed by atoms with van der Waals surface area (Å²) in [7, 11) is 0. The van der Waals surface area contributed by atoms with Gasteiger partial charge in [-0.25, -0.2) is 10.4 Å². The van der Waals surface area contributed by atoms with Gasteiger partial charge >= 0.3 is 0 Å². The van der Waals surface area contributed by atoms with Gasteiger partial charge in [0.2, 0.25) is 5.88 Å². The van der Waals surface area contributed by atoms with Gasteiger partial charge in [-0.3, -0.25) is 9.78 Å². The summed E-state index contributed by atoms with van der Waals surface area (Å²) < 4.78 is 5.11. The molecule has 0 aliphatic carbocycles. The molecule has 21 heavy (non-hydrogen) atoms. The molecule has 2 aromatic rings. The fraction of sp³-hybridized carbons (Fsp3) is 0.0769. The highest BCUT2D eigenvalue weighted by atomic mass is 35.5. The van der Waals surface area contributed by atoms with Crippen molar-refractivity contribution >= 4 is 35.3 Å². The standard InChI is InChI=1S/C13H10Cl2N4O2/c14-10-2-1-3-11(15)9(10)6-18-19-12(20)8-21-13-7-16-4-5-17-13/h1-7H,8H2,(H,19,20)/b18-6+. The Bertz CT molecular complexity index is 630. The molecule has 1 amide bonds. The minimum atomic E-state index is -0.444. The number of ether oxygens (including phenoxy) is 1. The molecule has 0 aliphatic rings. The van der Waals surface area contributed by atoms with Crippen LogP contribution in [0.15, 0.2) is 41.9 Å².